The normalized spacial score (nSPS) is 15.0. The Morgan fingerprint density at radius 2 is 1.97 bits per heavy atom. The minimum Gasteiger partial charge on any atom is -0.444 e. The molecule has 0 unspecified atom stereocenters. The number of benzene rings is 2. The molecule has 2 heterocycles. The predicted octanol–water partition coefficient (Wildman–Crippen LogP) is 3.49. The molecule has 0 radical (unpaired) electrons. The summed E-state index contributed by atoms with van der Waals surface area (Å²) >= 11 is 6.10. The van der Waals surface area contributed by atoms with E-state index in [9.17, 15) is 24.3 Å². The highest BCUT2D eigenvalue weighted by Crippen LogP contribution is 2.40. The van der Waals surface area contributed by atoms with E-state index in [2.05, 4.69) is 5.10 Å². The Morgan fingerprint density at radius 3 is 2.57 bits per heavy atom. The van der Waals surface area contributed by atoms with Gasteiger partial charge in [0, 0.05) is 23.7 Å². The Labute approximate surface area is 205 Å². The average Bonchev–Trinajstić information content (AvgIpc) is 3.06. The molecule has 0 bridgehead atoms. The highest BCUT2D eigenvalue weighted by Gasteiger charge is 2.49. The van der Waals surface area contributed by atoms with Gasteiger partial charge in [-0.05, 0) is 45.0 Å². The van der Waals surface area contributed by atoms with Gasteiger partial charge in [0.15, 0.2) is 5.78 Å². The molecule has 35 heavy (non-hydrogen) atoms. The van der Waals surface area contributed by atoms with E-state index in [-0.39, 0.29) is 46.0 Å². The first kappa shape index (κ1) is 24.4. The number of nitrogens with two attached hydrogens (primary N) is 1. The summed E-state index contributed by atoms with van der Waals surface area (Å²) in [5.74, 6) is -1.39. The van der Waals surface area contributed by atoms with E-state index < -0.39 is 28.9 Å². The molecule has 9 nitrogen and oxygen atoms in total. The van der Waals surface area contributed by atoms with Crippen LogP contribution < -0.4 is 5.73 Å². The van der Waals surface area contributed by atoms with Crippen molar-refractivity contribution in [3.8, 4) is 6.07 Å². The van der Waals surface area contributed by atoms with Gasteiger partial charge in [-0.2, -0.15) is 10.4 Å². The van der Waals surface area contributed by atoms with E-state index in [0.29, 0.717) is 11.1 Å². The van der Waals surface area contributed by atoms with Crippen LogP contribution in [-0.4, -0.2) is 50.4 Å². The van der Waals surface area contributed by atoms with Gasteiger partial charge in [0.1, 0.15) is 28.6 Å². The van der Waals surface area contributed by atoms with Gasteiger partial charge in [0.05, 0.1) is 34.9 Å². The molecular weight excluding hydrogens is 477 g/mol. The second-order valence-electron chi connectivity index (χ2n) is 9.52. The number of ketones is 1. The Hall–Kier alpha value is -3.68. The Bertz CT molecular complexity index is 1430. The number of likely N-dealkylation sites (tertiary alicyclic amines) is 1. The molecule has 0 aliphatic carbocycles. The zero-order chi connectivity index (χ0) is 25.9. The van der Waals surface area contributed by atoms with Crippen LogP contribution in [0.25, 0.3) is 10.9 Å². The summed E-state index contributed by atoms with van der Waals surface area (Å²) in [5.41, 5.74) is 4.03. The van der Waals surface area contributed by atoms with Crippen molar-refractivity contribution in [3.63, 3.8) is 0 Å². The molecule has 1 amide bonds. The first-order valence-corrected chi connectivity index (χ1v) is 11.0. The molecule has 1 saturated heterocycles. The molecule has 1 fully saturated rings. The van der Waals surface area contributed by atoms with Crippen LogP contribution in [0.15, 0.2) is 24.3 Å². The average molecular weight is 500 g/mol. The van der Waals surface area contributed by atoms with Gasteiger partial charge in [-0.15, -0.1) is 0 Å². The highest BCUT2D eigenvalue weighted by molar-refractivity contribution is 6.35. The highest BCUT2D eigenvalue weighted by atomic mass is 35.5. The number of amides is 1. The third-order valence-electron chi connectivity index (χ3n) is 5.67. The van der Waals surface area contributed by atoms with E-state index in [1.165, 1.54) is 21.7 Å². The number of aromatic nitrogens is 2. The van der Waals surface area contributed by atoms with Crippen molar-refractivity contribution in [2.24, 2.45) is 7.05 Å². The third kappa shape index (κ3) is 4.17. The van der Waals surface area contributed by atoms with Crippen molar-refractivity contribution in [2.75, 3.05) is 18.8 Å². The van der Waals surface area contributed by atoms with Crippen LogP contribution in [0.3, 0.4) is 0 Å². The fraction of sp³-hybridized carbons (Fsp3) is 0.333. The molecular formula is C24H23ClFN5O4. The van der Waals surface area contributed by atoms with E-state index >= 15 is 0 Å². The maximum Gasteiger partial charge on any atom is 0.410 e. The van der Waals surface area contributed by atoms with Crippen molar-refractivity contribution in [1.82, 2.24) is 14.7 Å². The van der Waals surface area contributed by atoms with Crippen molar-refractivity contribution in [3.05, 3.63) is 57.5 Å². The van der Waals surface area contributed by atoms with Gasteiger partial charge in [0.25, 0.3) is 0 Å². The maximum atomic E-state index is 13.8. The summed E-state index contributed by atoms with van der Waals surface area (Å²) in [6.45, 7) is 5.12. The molecule has 1 aliphatic rings. The van der Waals surface area contributed by atoms with Crippen LogP contribution in [0.2, 0.25) is 5.02 Å². The monoisotopic (exact) mass is 499 g/mol. The first-order valence-electron chi connectivity index (χ1n) is 10.7. The number of rotatable bonds is 3. The Kier molecular flexibility index (Phi) is 5.74. The SMILES string of the molecule is Cn1nc2c(C#N)c(C(=O)c3cc(F)ccc3Cl)c(N)cc2c1C1(O)CN(C(=O)OC(C)(C)C)C1. The molecule has 3 N–H and O–H groups in total. The second kappa shape index (κ2) is 8.22. The van der Waals surface area contributed by atoms with Crippen LogP contribution in [0.4, 0.5) is 14.9 Å². The molecule has 4 rings (SSSR count). The van der Waals surface area contributed by atoms with Crippen molar-refractivity contribution < 1.29 is 23.8 Å². The number of ether oxygens (including phenoxy) is 1. The smallest absolute Gasteiger partial charge is 0.410 e. The molecule has 1 aliphatic heterocycles. The van der Waals surface area contributed by atoms with Gasteiger partial charge < -0.3 is 20.5 Å². The standard InChI is InChI=1S/C24H23ClFN5O4/c1-23(2,3)35-22(33)31-10-24(34,11-31)21-14-8-17(28)18(15(9-27)19(14)29-30(21)4)20(32)13-7-12(26)5-6-16(13)25/h5-8,34H,10-11,28H2,1-4H3. The second-order valence-corrected chi connectivity index (χ2v) is 9.92. The lowest BCUT2D eigenvalue weighted by atomic mass is 9.87. The lowest BCUT2D eigenvalue weighted by Crippen LogP contribution is -2.62. The topological polar surface area (TPSA) is 134 Å². The zero-order valence-electron chi connectivity index (χ0n) is 19.5. The number of aryl methyl sites for hydroxylation is 1. The van der Waals surface area contributed by atoms with Gasteiger partial charge in [-0.25, -0.2) is 9.18 Å². The molecule has 182 valence electrons. The number of anilines is 1. The fourth-order valence-electron chi connectivity index (χ4n) is 4.25. The summed E-state index contributed by atoms with van der Waals surface area (Å²) < 4.78 is 20.5. The van der Waals surface area contributed by atoms with Crippen LogP contribution in [0, 0.1) is 17.1 Å². The first-order chi connectivity index (χ1) is 16.3. The van der Waals surface area contributed by atoms with E-state index in [0.717, 1.165) is 12.1 Å². The number of carbonyl (C=O) groups is 2. The van der Waals surface area contributed by atoms with Gasteiger partial charge in [-0.1, -0.05) is 11.6 Å². The number of aliphatic hydroxyl groups is 1. The third-order valence-corrected chi connectivity index (χ3v) is 6.00. The quantitative estimate of drug-likeness (QED) is 0.416. The van der Waals surface area contributed by atoms with Crippen molar-refractivity contribution in [2.45, 2.75) is 32.0 Å². The number of carbonyl (C=O) groups excluding carboxylic acids is 2. The van der Waals surface area contributed by atoms with Gasteiger partial charge >= 0.3 is 6.09 Å². The number of halogens is 2. The summed E-state index contributed by atoms with van der Waals surface area (Å²) in [4.78, 5) is 26.9. The molecule has 11 heteroatoms. The van der Waals surface area contributed by atoms with Crippen LogP contribution >= 0.6 is 11.6 Å². The summed E-state index contributed by atoms with van der Waals surface area (Å²) in [5, 5.41) is 25.9. The van der Waals surface area contributed by atoms with Crippen molar-refractivity contribution >= 4 is 40.1 Å². The fourth-order valence-corrected chi connectivity index (χ4v) is 4.46. The van der Waals surface area contributed by atoms with Crippen molar-refractivity contribution in [1.29, 1.82) is 5.26 Å². The molecule has 0 spiro atoms. The van der Waals surface area contributed by atoms with Gasteiger partial charge in [0.2, 0.25) is 0 Å². The van der Waals surface area contributed by atoms with Crippen LogP contribution in [0.5, 0.6) is 0 Å². The largest absolute Gasteiger partial charge is 0.444 e. The molecule has 3 aromatic rings. The molecule has 1 aromatic heterocycles. The minimum atomic E-state index is -1.48. The zero-order valence-corrected chi connectivity index (χ0v) is 20.3. The number of nitrogen functional groups attached to an aromatic ring is 1. The Balaban J connectivity index is 1.78. The van der Waals surface area contributed by atoms with Crippen LogP contribution in [-0.2, 0) is 17.4 Å². The molecule has 2 aromatic carbocycles. The van der Waals surface area contributed by atoms with E-state index in [1.807, 2.05) is 6.07 Å². The maximum absolute atomic E-state index is 13.8. The number of nitriles is 1. The number of hydrogen-bond acceptors (Lipinski definition) is 7. The lowest BCUT2D eigenvalue weighted by molar-refractivity contribution is -0.107. The summed E-state index contributed by atoms with van der Waals surface area (Å²) in [6, 6.07) is 6.73. The number of fused-ring (bicyclic) bond motifs is 1. The Morgan fingerprint density at radius 1 is 1.31 bits per heavy atom. The van der Waals surface area contributed by atoms with E-state index in [4.69, 9.17) is 22.1 Å². The minimum absolute atomic E-state index is 0.00695. The molecule has 0 atom stereocenters. The summed E-state index contributed by atoms with van der Waals surface area (Å²) in [6.07, 6.45) is -0.564. The lowest BCUT2D eigenvalue weighted by Gasteiger charge is -2.46. The predicted molar refractivity (Wildman–Crippen MR) is 126 cm³/mol. The summed E-state index contributed by atoms with van der Waals surface area (Å²) in [7, 11) is 1.58. The van der Waals surface area contributed by atoms with E-state index in [1.54, 1.807) is 27.8 Å². The number of hydrogen-bond donors (Lipinski definition) is 2. The number of β-amino-alcohol motifs (C(OH)–C–C–N with tert-alkyl or cyclic N) is 1. The number of nitrogens with zero attached hydrogens (tertiary/aromatic N) is 4. The molecule has 0 saturated carbocycles. The van der Waals surface area contributed by atoms with Crippen LogP contribution in [0.1, 0.15) is 48.0 Å². The van der Waals surface area contributed by atoms with Gasteiger partial charge in [-0.3, -0.25) is 9.48 Å².